The second kappa shape index (κ2) is 4.84. The molecule has 92 valence electrons. The van der Waals surface area contributed by atoms with Crippen LogP contribution in [0.1, 0.15) is 0 Å². The van der Waals surface area contributed by atoms with E-state index < -0.39 is 0 Å². The summed E-state index contributed by atoms with van der Waals surface area (Å²) in [6.45, 7) is 4.23. The maximum absolute atomic E-state index is 5.62. The van der Waals surface area contributed by atoms with Crippen molar-refractivity contribution in [1.82, 2.24) is 4.98 Å². The Labute approximate surface area is 109 Å². The van der Waals surface area contributed by atoms with Gasteiger partial charge in [0, 0.05) is 24.1 Å². The molecule has 19 heavy (non-hydrogen) atoms. The summed E-state index contributed by atoms with van der Waals surface area (Å²) in [6, 6.07) is 1.77. The van der Waals surface area contributed by atoms with Crippen LogP contribution in [0.3, 0.4) is 0 Å². The molecule has 0 radical (unpaired) electrons. The summed E-state index contributed by atoms with van der Waals surface area (Å²) in [5.41, 5.74) is 3.73. The zero-order valence-electron chi connectivity index (χ0n) is 10.1. The average Bonchev–Trinajstić information content (AvgIpc) is 2.59. The molecule has 1 aromatic rings. The van der Waals surface area contributed by atoms with Crippen LogP contribution in [0.2, 0.25) is 0 Å². The molecule has 3 rings (SSSR count). The number of nitrogens with zero attached hydrogens (tertiary/aromatic N) is 4. The molecule has 5 heteroatoms. The zero-order valence-corrected chi connectivity index (χ0v) is 10.1. The molecule has 0 aromatic carbocycles. The third kappa shape index (κ3) is 2.41. The predicted molar refractivity (Wildman–Crippen MR) is 69.8 cm³/mol. The highest BCUT2D eigenvalue weighted by Gasteiger charge is 2.08. The lowest BCUT2D eigenvalue weighted by atomic mass is 10.2. The summed E-state index contributed by atoms with van der Waals surface area (Å²) in [4.78, 5) is 16.9. The highest BCUT2D eigenvalue weighted by Crippen LogP contribution is 2.13. The first kappa shape index (κ1) is 11.3. The fraction of sp³-hybridized carbons (Fsp3) is 0.0714. The standard InChI is InChI=1S/C14H10N4O/c1-10-18-12-4-6-16-9-13(12)17-8-11-7-15-5-2-3-14(11)19-10/h3-7,9H,1,8H2/b17-13-,18-12-. The summed E-state index contributed by atoms with van der Waals surface area (Å²) in [5.74, 6) is 0.904. The molecule has 0 bridgehead atoms. The molecular weight excluding hydrogens is 240 g/mol. The Bertz CT molecular complexity index is 780. The van der Waals surface area contributed by atoms with Gasteiger partial charge in [0.25, 0.3) is 0 Å². The number of hydrogen-bond acceptors (Lipinski definition) is 5. The van der Waals surface area contributed by atoms with Crippen molar-refractivity contribution in [2.24, 2.45) is 15.0 Å². The highest BCUT2D eigenvalue weighted by atomic mass is 16.5. The molecule has 0 fully saturated rings. The fourth-order valence-electron chi connectivity index (χ4n) is 1.70. The Hall–Kier alpha value is -2.78. The van der Waals surface area contributed by atoms with Gasteiger partial charge in [-0.05, 0) is 12.6 Å². The molecule has 2 aliphatic rings. The van der Waals surface area contributed by atoms with Crippen LogP contribution >= 0.6 is 0 Å². The lowest BCUT2D eigenvalue weighted by Gasteiger charge is -2.06. The van der Waals surface area contributed by atoms with Crippen LogP contribution < -0.4 is 10.7 Å². The van der Waals surface area contributed by atoms with E-state index in [1.165, 1.54) is 0 Å². The van der Waals surface area contributed by atoms with Crippen LogP contribution in [-0.2, 0) is 4.74 Å². The SMILES string of the molecule is C=C1/N=c2/ccnc/c2=N/CC2=C(C=C=CN=C2)O1. The van der Waals surface area contributed by atoms with Crippen molar-refractivity contribution < 1.29 is 4.74 Å². The second-order valence-corrected chi connectivity index (χ2v) is 3.90. The quantitative estimate of drug-likeness (QED) is 0.640. The molecule has 0 unspecified atom stereocenters. The number of ether oxygens (including phenoxy) is 1. The lowest BCUT2D eigenvalue weighted by Crippen LogP contribution is -2.26. The molecule has 0 saturated carbocycles. The maximum Gasteiger partial charge on any atom is 0.212 e. The largest absolute Gasteiger partial charge is 0.439 e. The summed E-state index contributed by atoms with van der Waals surface area (Å²) in [7, 11) is 0. The van der Waals surface area contributed by atoms with Gasteiger partial charge in [0.1, 0.15) is 11.1 Å². The second-order valence-electron chi connectivity index (χ2n) is 3.90. The Morgan fingerprint density at radius 1 is 1.32 bits per heavy atom. The van der Waals surface area contributed by atoms with Crippen molar-refractivity contribution in [1.29, 1.82) is 0 Å². The van der Waals surface area contributed by atoms with Crippen molar-refractivity contribution >= 4 is 6.21 Å². The Morgan fingerprint density at radius 3 is 3.21 bits per heavy atom. The molecule has 0 saturated heterocycles. The molecule has 1 aromatic heterocycles. The van der Waals surface area contributed by atoms with Gasteiger partial charge < -0.3 is 4.74 Å². The van der Waals surface area contributed by atoms with E-state index in [2.05, 4.69) is 32.3 Å². The third-order valence-electron chi connectivity index (χ3n) is 2.58. The summed E-state index contributed by atoms with van der Waals surface area (Å²) >= 11 is 0. The van der Waals surface area contributed by atoms with E-state index in [4.69, 9.17) is 4.74 Å². The first-order chi connectivity index (χ1) is 9.33. The van der Waals surface area contributed by atoms with Crippen molar-refractivity contribution in [3.8, 4) is 0 Å². The maximum atomic E-state index is 5.62. The average molecular weight is 250 g/mol. The van der Waals surface area contributed by atoms with Gasteiger partial charge in [-0.15, -0.1) is 0 Å². The minimum absolute atomic E-state index is 0.297. The van der Waals surface area contributed by atoms with Crippen molar-refractivity contribution in [2.75, 3.05) is 6.54 Å². The fourth-order valence-corrected chi connectivity index (χ4v) is 1.70. The van der Waals surface area contributed by atoms with E-state index in [-0.39, 0.29) is 0 Å². The molecule has 2 aliphatic heterocycles. The Balaban J connectivity index is 2.18. The third-order valence-corrected chi connectivity index (χ3v) is 2.58. The normalized spacial score (nSPS) is 20.5. The molecule has 3 heterocycles. The van der Waals surface area contributed by atoms with Gasteiger partial charge in [-0.1, -0.05) is 5.73 Å². The van der Waals surface area contributed by atoms with Crippen molar-refractivity contribution in [3.63, 3.8) is 0 Å². The number of pyridine rings is 1. The van der Waals surface area contributed by atoms with Gasteiger partial charge in [0.2, 0.25) is 5.88 Å². The first-order valence-corrected chi connectivity index (χ1v) is 5.70. The van der Waals surface area contributed by atoms with Gasteiger partial charge in [-0.2, -0.15) is 0 Å². The number of aromatic nitrogens is 1. The van der Waals surface area contributed by atoms with Crippen LogP contribution in [-0.4, -0.2) is 17.7 Å². The number of aliphatic imine (C=N–C) groups is 1. The van der Waals surface area contributed by atoms with Crippen molar-refractivity contribution in [2.45, 2.75) is 0 Å². The predicted octanol–water partition coefficient (Wildman–Crippen LogP) is 0.830. The zero-order chi connectivity index (χ0) is 13.1. The number of hydrogen-bond donors (Lipinski definition) is 0. The number of allylic oxidation sites excluding steroid dienone is 1. The monoisotopic (exact) mass is 250 g/mol. The van der Waals surface area contributed by atoms with E-state index in [1.54, 1.807) is 37.0 Å². The Kier molecular flexibility index (Phi) is 2.88. The molecule has 0 spiro atoms. The van der Waals surface area contributed by atoms with Gasteiger partial charge in [0.05, 0.1) is 24.3 Å². The smallest absolute Gasteiger partial charge is 0.212 e. The van der Waals surface area contributed by atoms with Crippen LogP contribution in [0.4, 0.5) is 0 Å². The molecule has 0 atom stereocenters. The van der Waals surface area contributed by atoms with E-state index in [1.807, 2.05) is 0 Å². The van der Waals surface area contributed by atoms with Crippen molar-refractivity contribution in [3.05, 3.63) is 71.0 Å². The van der Waals surface area contributed by atoms with E-state index in [0.717, 1.165) is 5.57 Å². The van der Waals surface area contributed by atoms with Gasteiger partial charge in [-0.25, -0.2) is 4.99 Å². The minimum Gasteiger partial charge on any atom is -0.439 e. The van der Waals surface area contributed by atoms with E-state index >= 15 is 0 Å². The molecular formula is C14H10N4O. The van der Waals surface area contributed by atoms with E-state index in [0.29, 0.717) is 28.9 Å². The summed E-state index contributed by atoms with van der Waals surface area (Å²) < 4.78 is 5.62. The molecule has 0 amide bonds. The highest BCUT2D eigenvalue weighted by molar-refractivity contribution is 5.81. The molecule has 5 nitrogen and oxygen atoms in total. The van der Waals surface area contributed by atoms with Crippen LogP contribution in [0.25, 0.3) is 0 Å². The van der Waals surface area contributed by atoms with Crippen LogP contribution in [0.5, 0.6) is 0 Å². The Morgan fingerprint density at radius 2 is 2.26 bits per heavy atom. The van der Waals surface area contributed by atoms with E-state index in [9.17, 15) is 0 Å². The number of rotatable bonds is 0. The van der Waals surface area contributed by atoms with Crippen LogP contribution in [0, 0.1) is 0 Å². The minimum atomic E-state index is 0.297. The van der Waals surface area contributed by atoms with Gasteiger partial charge in [-0.3, -0.25) is 15.0 Å². The van der Waals surface area contributed by atoms with Gasteiger partial charge >= 0.3 is 0 Å². The summed E-state index contributed by atoms with van der Waals surface area (Å²) in [5, 5.41) is 1.39. The topological polar surface area (TPSA) is 59.2 Å². The number of fused-ring (bicyclic) bond motifs is 1. The first-order valence-electron chi connectivity index (χ1n) is 5.70. The molecule has 0 N–H and O–H groups in total. The summed E-state index contributed by atoms with van der Waals surface area (Å²) in [6.07, 6.45) is 8.29. The van der Waals surface area contributed by atoms with Crippen LogP contribution in [0.15, 0.2) is 75.2 Å². The van der Waals surface area contributed by atoms with Gasteiger partial charge in [0.15, 0.2) is 0 Å². The lowest BCUT2D eigenvalue weighted by molar-refractivity contribution is 0.314. The molecule has 0 aliphatic carbocycles.